The number of thioether (sulfide) groups is 1. The van der Waals surface area contributed by atoms with Gasteiger partial charge < -0.3 is 0 Å². The van der Waals surface area contributed by atoms with Gasteiger partial charge in [-0.1, -0.05) is 23.8 Å². The molecule has 2 heteroatoms. The van der Waals surface area contributed by atoms with E-state index in [9.17, 15) is 0 Å². The summed E-state index contributed by atoms with van der Waals surface area (Å²) in [6, 6.07) is 10.5. The molecule has 0 saturated heterocycles. The smallest absolute Gasteiger partial charge is 0.0963 e. The topological polar surface area (TPSA) is 12.9 Å². The average Bonchev–Trinajstić information content (AvgIpc) is 2.29. The maximum absolute atomic E-state index is 4.33. The van der Waals surface area contributed by atoms with Crippen LogP contribution in [-0.2, 0) is 5.75 Å². The second kappa shape index (κ2) is 5.37. The molecule has 0 aliphatic heterocycles. The molecular formula is C15H17NS. The third kappa shape index (κ3) is 3.10. The van der Waals surface area contributed by atoms with Gasteiger partial charge in [-0.25, -0.2) is 4.98 Å². The molecule has 0 amide bonds. The van der Waals surface area contributed by atoms with E-state index in [2.05, 4.69) is 44.0 Å². The van der Waals surface area contributed by atoms with Crippen molar-refractivity contribution in [1.82, 2.24) is 4.98 Å². The number of hydrogen-bond acceptors (Lipinski definition) is 2. The first kappa shape index (κ1) is 12.2. The van der Waals surface area contributed by atoms with Gasteiger partial charge in [0, 0.05) is 11.9 Å². The zero-order valence-corrected chi connectivity index (χ0v) is 11.3. The average molecular weight is 243 g/mol. The maximum atomic E-state index is 4.33. The Bertz CT molecular complexity index is 483. The number of aryl methyl sites for hydroxylation is 3. The van der Waals surface area contributed by atoms with Crippen LogP contribution >= 0.6 is 11.8 Å². The van der Waals surface area contributed by atoms with E-state index in [-0.39, 0.29) is 0 Å². The molecule has 17 heavy (non-hydrogen) atoms. The van der Waals surface area contributed by atoms with Crippen LogP contribution in [0.25, 0.3) is 0 Å². The standard InChI is InChI=1S/C15H17NS/c1-11-8-12(2)14(13(3)9-11)10-17-15-6-4-5-7-16-15/h4-9H,10H2,1-3H3. The first-order valence-electron chi connectivity index (χ1n) is 5.77. The van der Waals surface area contributed by atoms with E-state index in [1.807, 2.05) is 18.3 Å². The predicted molar refractivity (Wildman–Crippen MR) is 74.5 cm³/mol. The molecule has 0 aliphatic rings. The van der Waals surface area contributed by atoms with Crippen LogP contribution in [0.3, 0.4) is 0 Å². The SMILES string of the molecule is Cc1cc(C)c(CSc2ccccn2)c(C)c1. The van der Waals surface area contributed by atoms with Crippen molar-refractivity contribution in [2.24, 2.45) is 0 Å². The molecule has 1 aromatic carbocycles. The minimum atomic E-state index is 0.995. The van der Waals surface area contributed by atoms with Crippen molar-refractivity contribution in [3.8, 4) is 0 Å². The first-order chi connectivity index (χ1) is 8.16. The van der Waals surface area contributed by atoms with Gasteiger partial charge in [0.2, 0.25) is 0 Å². The van der Waals surface area contributed by atoms with Crippen LogP contribution in [0.1, 0.15) is 22.3 Å². The molecule has 0 spiro atoms. The van der Waals surface area contributed by atoms with Gasteiger partial charge in [-0.3, -0.25) is 0 Å². The van der Waals surface area contributed by atoms with E-state index in [0.717, 1.165) is 10.8 Å². The predicted octanol–water partition coefficient (Wildman–Crippen LogP) is 4.30. The Hall–Kier alpha value is -1.28. The lowest BCUT2D eigenvalue weighted by Crippen LogP contribution is -1.93. The number of hydrogen-bond donors (Lipinski definition) is 0. The molecule has 1 nitrogen and oxygen atoms in total. The third-order valence-electron chi connectivity index (χ3n) is 2.84. The molecule has 0 radical (unpaired) electrons. The summed E-state index contributed by atoms with van der Waals surface area (Å²) in [5.74, 6) is 0.995. The number of pyridine rings is 1. The summed E-state index contributed by atoms with van der Waals surface area (Å²) < 4.78 is 0. The molecule has 0 bridgehead atoms. The third-order valence-corrected chi connectivity index (χ3v) is 3.81. The molecule has 2 rings (SSSR count). The van der Waals surface area contributed by atoms with E-state index >= 15 is 0 Å². The van der Waals surface area contributed by atoms with E-state index in [1.54, 1.807) is 11.8 Å². The van der Waals surface area contributed by atoms with Crippen LogP contribution in [0.15, 0.2) is 41.6 Å². The van der Waals surface area contributed by atoms with Gasteiger partial charge in [0.25, 0.3) is 0 Å². The van der Waals surface area contributed by atoms with Gasteiger partial charge in [0.1, 0.15) is 0 Å². The molecule has 1 heterocycles. The summed E-state index contributed by atoms with van der Waals surface area (Å²) in [4.78, 5) is 4.33. The van der Waals surface area contributed by atoms with Crippen molar-refractivity contribution in [3.63, 3.8) is 0 Å². The van der Waals surface area contributed by atoms with Gasteiger partial charge in [-0.15, -0.1) is 11.8 Å². The Morgan fingerprint density at radius 1 is 1.06 bits per heavy atom. The molecule has 0 atom stereocenters. The lowest BCUT2D eigenvalue weighted by molar-refractivity contribution is 1.12. The number of rotatable bonds is 3. The fourth-order valence-corrected chi connectivity index (χ4v) is 3.07. The summed E-state index contributed by atoms with van der Waals surface area (Å²) in [6.07, 6.45) is 1.84. The number of aromatic nitrogens is 1. The molecule has 2 aromatic rings. The Balaban J connectivity index is 2.15. The zero-order valence-electron chi connectivity index (χ0n) is 10.5. The van der Waals surface area contributed by atoms with Crippen LogP contribution in [0.2, 0.25) is 0 Å². The minimum absolute atomic E-state index is 0.995. The second-order valence-corrected chi connectivity index (χ2v) is 5.33. The summed E-state index contributed by atoms with van der Waals surface area (Å²) in [5.41, 5.74) is 5.54. The number of nitrogens with zero attached hydrogens (tertiary/aromatic N) is 1. The van der Waals surface area contributed by atoms with Gasteiger partial charge >= 0.3 is 0 Å². The van der Waals surface area contributed by atoms with Gasteiger partial charge in [-0.2, -0.15) is 0 Å². The zero-order chi connectivity index (χ0) is 12.3. The molecular weight excluding hydrogens is 226 g/mol. The Kier molecular flexibility index (Phi) is 3.85. The monoisotopic (exact) mass is 243 g/mol. The molecule has 0 N–H and O–H groups in total. The summed E-state index contributed by atoms with van der Waals surface area (Å²) in [7, 11) is 0. The van der Waals surface area contributed by atoms with Crippen LogP contribution < -0.4 is 0 Å². The Morgan fingerprint density at radius 3 is 2.35 bits per heavy atom. The van der Waals surface area contributed by atoms with E-state index in [4.69, 9.17) is 0 Å². The van der Waals surface area contributed by atoms with Crippen molar-refractivity contribution in [2.75, 3.05) is 0 Å². The second-order valence-electron chi connectivity index (χ2n) is 4.33. The van der Waals surface area contributed by atoms with E-state index < -0.39 is 0 Å². The van der Waals surface area contributed by atoms with Gasteiger partial charge in [0.05, 0.1) is 5.03 Å². The highest BCUT2D eigenvalue weighted by molar-refractivity contribution is 7.98. The maximum Gasteiger partial charge on any atom is 0.0963 e. The quantitative estimate of drug-likeness (QED) is 0.745. The molecule has 0 saturated carbocycles. The fourth-order valence-electron chi connectivity index (χ4n) is 2.02. The molecule has 1 aromatic heterocycles. The van der Waals surface area contributed by atoms with Crippen LogP contribution in [0, 0.1) is 20.8 Å². The van der Waals surface area contributed by atoms with Gasteiger partial charge in [-0.05, 0) is 49.6 Å². The van der Waals surface area contributed by atoms with Crippen molar-refractivity contribution < 1.29 is 0 Å². The normalized spacial score (nSPS) is 10.5. The summed E-state index contributed by atoms with van der Waals surface area (Å²) in [5, 5.41) is 1.09. The van der Waals surface area contributed by atoms with Crippen LogP contribution in [-0.4, -0.2) is 4.98 Å². The van der Waals surface area contributed by atoms with Gasteiger partial charge in [0.15, 0.2) is 0 Å². The highest BCUT2D eigenvalue weighted by atomic mass is 32.2. The molecule has 0 unspecified atom stereocenters. The Labute approximate surface area is 107 Å². The van der Waals surface area contributed by atoms with E-state index in [0.29, 0.717) is 0 Å². The minimum Gasteiger partial charge on any atom is -0.250 e. The van der Waals surface area contributed by atoms with E-state index in [1.165, 1.54) is 22.3 Å². The van der Waals surface area contributed by atoms with Crippen molar-refractivity contribution in [3.05, 3.63) is 58.8 Å². The largest absolute Gasteiger partial charge is 0.250 e. The van der Waals surface area contributed by atoms with Crippen LogP contribution in [0.4, 0.5) is 0 Å². The van der Waals surface area contributed by atoms with Crippen molar-refractivity contribution >= 4 is 11.8 Å². The van der Waals surface area contributed by atoms with Crippen molar-refractivity contribution in [2.45, 2.75) is 31.6 Å². The lowest BCUT2D eigenvalue weighted by Gasteiger charge is -2.10. The lowest BCUT2D eigenvalue weighted by atomic mass is 10.0. The highest BCUT2D eigenvalue weighted by Gasteiger charge is 2.04. The molecule has 88 valence electrons. The van der Waals surface area contributed by atoms with Crippen molar-refractivity contribution in [1.29, 1.82) is 0 Å². The number of benzene rings is 1. The fraction of sp³-hybridized carbons (Fsp3) is 0.267. The first-order valence-corrected chi connectivity index (χ1v) is 6.76. The molecule has 0 aliphatic carbocycles. The molecule has 0 fully saturated rings. The summed E-state index contributed by atoms with van der Waals surface area (Å²) >= 11 is 1.80. The summed E-state index contributed by atoms with van der Waals surface area (Å²) in [6.45, 7) is 6.53. The highest BCUT2D eigenvalue weighted by Crippen LogP contribution is 2.25. The Morgan fingerprint density at radius 2 is 1.76 bits per heavy atom. The van der Waals surface area contributed by atoms with Crippen LogP contribution in [0.5, 0.6) is 0 Å².